The number of hydrogen-bond donors (Lipinski definition) is 1. The first-order chi connectivity index (χ1) is 11.3. The molecule has 1 saturated carbocycles. The second-order valence-corrected chi connectivity index (χ2v) is 6.89. The maximum atomic E-state index is 4.79. The number of benzene rings is 1. The summed E-state index contributed by atoms with van der Waals surface area (Å²) in [4.78, 5) is 11.9. The number of hydrogen-bond acceptors (Lipinski definition) is 4. The molecule has 2 aromatic rings. The van der Waals surface area contributed by atoms with E-state index in [-0.39, 0.29) is 0 Å². The fraction of sp³-hybridized carbons (Fsp3) is 0.474. The summed E-state index contributed by atoms with van der Waals surface area (Å²) in [7, 11) is 0. The minimum Gasteiger partial charge on any atom is -0.356 e. The molecular weight excluding hydrogens is 284 g/mol. The van der Waals surface area contributed by atoms with Crippen molar-refractivity contribution >= 4 is 11.8 Å². The van der Waals surface area contributed by atoms with Gasteiger partial charge in [-0.3, -0.25) is 0 Å². The van der Waals surface area contributed by atoms with Crippen LogP contribution in [0, 0.1) is 5.92 Å². The first-order valence-corrected chi connectivity index (χ1v) is 8.74. The number of nitrogens with one attached hydrogen (secondary N) is 1. The first-order valence-electron chi connectivity index (χ1n) is 8.74. The van der Waals surface area contributed by atoms with Crippen LogP contribution in [0.1, 0.15) is 32.6 Å². The fourth-order valence-electron chi connectivity index (χ4n) is 3.07. The van der Waals surface area contributed by atoms with Crippen LogP contribution in [0.25, 0.3) is 11.3 Å². The molecule has 4 rings (SSSR count). The molecular formula is C19H24N4. The molecule has 1 saturated heterocycles. The van der Waals surface area contributed by atoms with Crippen LogP contribution in [0.5, 0.6) is 0 Å². The van der Waals surface area contributed by atoms with E-state index in [0.717, 1.165) is 42.0 Å². The molecule has 1 aromatic carbocycles. The van der Waals surface area contributed by atoms with E-state index in [9.17, 15) is 0 Å². The minimum absolute atomic E-state index is 0.565. The van der Waals surface area contributed by atoms with Crippen LogP contribution in [0.4, 0.5) is 11.8 Å². The van der Waals surface area contributed by atoms with Gasteiger partial charge in [-0.15, -0.1) is 0 Å². The van der Waals surface area contributed by atoms with E-state index in [1.165, 1.54) is 25.7 Å². The molecule has 0 bridgehead atoms. The summed E-state index contributed by atoms with van der Waals surface area (Å²) in [6.07, 6.45) is 4.96. The molecule has 1 N–H and O–H groups in total. The summed E-state index contributed by atoms with van der Waals surface area (Å²) in [6.45, 7) is 4.53. The predicted octanol–water partition coefficient (Wildman–Crippen LogP) is 3.95. The number of nitrogens with zero attached hydrogens (tertiary/aromatic N) is 3. The molecule has 0 amide bonds. The van der Waals surface area contributed by atoms with Crippen LogP contribution < -0.4 is 10.2 Å². The summed E-state index contributed by atoms with van der Waals surface area (Å²) in [5.41, 5.74) is 2.16. The quantitative estimate of drug-likeness (QED) is 0.928. The Morgan fingerprint density at radius 2 is 1.74 bits per heavy atom. The van der Waals surface area contributed by atoms with Crippen LogP contribution in [0.2, 0.25) is 0 Å². The lowest BCUT2D eigenvalue weighted by Gasteiger charge is -2.31. The molecule has 0 spiro atoms. The van der Waals surface area contributed by atoms with Crippen LogP contribution in [-0.2, 0) is 0 Å². The van der Waals surface area contributed by atoms with Crippen molar-refractivity contribution in [1.82, 2.24) is 9.97 Å². The standard InChI is InChI=1S/C19H24N4/c1-14-9-11-23(12-10-14)18-13-17(15-5-3-2-4-6-15)21-19(22-18)20-16-7-8-16/h2-6,13-14,16H,7-12H2,1H3,(H,20,21,22). The molecule has 1 aromatic heterocycles. The van der Waals surface area contributed by atoms with Gasteiger partial charge in [-0.25, -0.2) is 4.98 Å². The second kappa shape index (κ2) is 6.19. The highest BCUT2D eigenvalue weighted by Crippen LogP contribution is 2.29. The number of piperidine rings is 1. The summed E-state index contributed by atoms with van der Waals surface area (Å²) >= 11 is 0. The molecule has 23 heavy (non-hydrogen) atoms. The van der Waals surface area contributed by atoms with E-state index >= 15 is 0 Å². The Kier molecular flexibility index (Phi) is 3.90. The van der Waals surface area contributed by atoms with E-state index in [2.05, 4.69) is 47.5 Å². The lowest BCUT2D eigenvalue weighted by atomic mass is 9.99. The van der Waals surface area contributed by atoms with Gasteiger partial charge in [0.05, 0.1) is 5.69 Å². The molecule has 2 aliphatic rings. The van der Waals surface area contributed by atoms with Crippen molar-refractivity contribution in [2.75, 3.05) is 23.3 Å². The van der Waals surface area contributed by atoms with Crippen molar-refractivity contribution in [2.24, 2.45) is 5.92 Å². The molecule has 1 aliphatic heterocycles. The average molecular weight is 308 g/mol. The Balaban J connectivity index is 1.66. The number of rotatable bonds is 4. The average Bonchev–Trinajstić information content (AvgIpc) is 3.40. The van der Waals surface area contributed by atoms with Crippen molar-refractivity contribution < 1.29 is 0 Å². The van der Waals surface area contributed by atoms with Crippen molar-refractivity contribution in [3.8, 4) is 11.3 Å². The summed E-state index contributed by atoms with van der Waals surface area (Å²) in [6, 6.07) is 13.1. The molecule has 1 aliphatic carbocycles. The maximum absolute atomic E-state index is 4.79. The molecule has 4 nitrogen and oxygen atoms in total. The third kappa shape index (κ3) is 3.46. The smallest absolute Gasteiger partial charge is 0.225 e. The Morgan fingerprint density at radius 3 is 2.43 bits per heavy atom. The monoisotopic (exact) mass is 308 g/mol. The molecule has 120 valence electrons. The predicted molar refractivity (Wildman–Crippen MR) is 94.7 cm³/mol. The Hall–Kier alpha value is -2.10. The van der Waals surface area contributed by atoms with Gasteiger partial charge in [0.1, 0.15) is 5.82 Å². The van der Waals surface area contributed by atoms with E-state index < -0.39 is 0 Å². The van der Waals surface area contributed by atoms with E-state index in [0.29, 0.717) is 6.04 Å². The van der Waals surface area contributed by atoms with Crippen LogP contribution in [0.15, 0.2) is 36.4 Å². The maximum Gasteiger partial charge on any atom is 0.225 e. The summed E-state index contributed by atoms with van der Waals surface area (Å²) < 4.78 is 0. The van der Waals surface area contributed by atoms with Gasteiger partial charge in [0.15, 0.2) is 0 Å². The molecule has 0 atom stereocenters. The topological polar surface area (TPSA) is 41.1 Å². The van der Waals surface area contributed by atoms with Crippen LogP contribution in [-0.4, -0.2) is 29.1 Å². The van der Waals surface area contributed by atoms with Crippen molar-refractivity contribution in [3.63, 3.8) is 0 Å². The summed E-state index contributed by atoms with van der Waals surface area (Å²) in [5.74, 6) is 2.67. The van der Waals surface area contributed by atoms with Gasteiger partial charge in [-0.2, -0.15) is 4.98 Å². The SMILES string of the molecule is CC1CCN(c2cc(-c3ccccc3)nc(NC3CC3)n2)CC1. The normalized spacial score (nSPS) is 18.9. The third-order valence-corrected chi connectivity index (χ3v) is 4.80. The molecule has 0 unspecified atom stereocenters. The van der Waals surface area contributed by atoms with E-state index in [1.54, 1.807) is 0 Å². The lowest BCUT2D eigenvalue weighted by Crippen LogP contribution is -2.33. The van der Waals surface area contributed by atoms with Gasteiger partial charge >= 0.3 is 0 Å². The van der Waals surface area contributed by atoms with E-state index in [1.807, 2.05) is 6.07 Å². The van der Waals surface area contributed by atoms with E-state index in [4.69, 9.17) is 9.97 Å². The lowest BCUT2D eigenvalue weighted by molar-refractivity contribution is 0.436. The molecule has 0 radical (unpaired) electrons. The highest BCUT2D eigenvalue weighted by atomic mass is 15.2. The van der Waals surface area contributed by atoms with Gasteiger partial charge in [0.25, 0.3) is 0 Å². The van der Waals surface area contributed by atoms with Gasteiger partial charge in [0.2, 0.25) is 5.95 Å². The number of anilines is 2. The third-order valence-electron chi connectivity index (χ3n) is 4.80. The molecule has 4 heteroatoms. The second-order valence-electron chi connectivity index (χ2n) is 6.89. The minimum atomic E-state index is 0.565. The van der Waals surface area contributed by atoms with Gasteiger partial charge in [0, 0.05) is 30.8 Å². The van der Waals surface area contributed by atoms with Crippen LogP contribution in [0.3, 0.4) is 0 Å². The Bertz CT molecular complexity index is 658. The van der Waals surface area contributed by atoms with Crippen molar-refractivity contribution in [2.45, 2.75) is 38.6 Å². The zero-order valence-electron chi connectivity index (χ0n) is 13.7. The van der Waals surface area contributed by atoms with Gasteiger partial charge in [-0.05, 0) is 31.6 Å². The first kappa shape index (κ1) is 14.5. The van der Waals surface area contributed by atoms with Gasteiger partial charge < -0.3 is 10.2 Å². The van der Waals surface area contributed by atoms with Crippen LogP contribution >= 0.6 is 0 Å². The zero-order chi connectivity index (χ0) is 15.6. The molecule has 2 fully saturated rings. The Labute approximate surface area is 138 Å². The largest absolute Gasteiger partial charge is 0.356 e. The van der Waals surface area contributed by atoms with Crippen molar-refractivity contribution in [3.05, 3.63) is 36.4 Å². The van der Waals surface area contributed by atoms with Gasteiger partial charge in [-0.1, -0.05) is 37.3 Å². The van der Waals surface area contributed by atoms with Crippen molar-refractivity contribution in [1.29, 1.82) is 0 Å². The highest BCUT2D eigenvalue weighted by Gasteiger charge is 2.24. The molecule has 2 heterocycles. The zero-order valence-corrected chi connectivity index (χ0v) is 13.7. The Morgan fingerprint density at radius 1 is 1.00 bits per heavy atom. The highest BCUT2D eigenvalue weighted by molar-refractivity contribution is 5.65. The fourth-order valence-corrected chi connectivity index (χ4v) is 3.07. The number of aromatic nitrogens is 2. The summed E-state index contributed by atoms with van der Waals surface area (Å²) in [5, 5.41) is 3.47.